The lowest BCUT2D eigenvalue weighted by Crippen LogP contribution is -2.41. The number of hydrogen-bond acceptors (Lipinski definition) is 3. The number of nitrogens with one attached hydrogen (secondary N) is 1. The molecule has 2 aromatic carbocycles. The first kappa shape index (κ1) is 18.4. The fourth-order valence-corrected chi connectivity index (χ4v) is 3.66. The molecule has 0 aliphatic heterocycles. The van der Waals surface area contributed by atoms with E-state index in [-0.39, 0.29) is 5.97 Å². The molecule has 0 aliphatic rings. The van der Waals surface area contributed by atoms with Crippen molar-refractivity contribution in [1.29, 1.82) is 0 Å². The second-order valence-corrected chi connectivity index (χ2v) is 7.50. The SMILES string of the molecule is COC(=O)C(C)(C)[C@H](NS(=O)c1ccc(C)cc1)c1ccccc1. The van der Waals surface area contributed by atoms with Gasteiger partial charge in [0.05, 0.1) is 23.5 Å². The third kappa shape index (κ3) is 4.10. The largest absolute Gasteiger partial charge is 0.469 e. The highest BCUT2D eigenvalue weighted by molar-refractivity contribution is 7.83. The Morgan fingerprint density at radius 1 is 1.08 bits per heavy atom. The van der Waals surface area contributed by atoms with Crippen molar-refractivity contribution in [2.75, 3.05) is 7.11 Å². The molecule has 0 spiro atoms. The first-order valence-electron chi connectivity index (χ1n) is 7.74. The van der Waals surface area contributed by atoms with Crippen LogP contribution < -0.4 is 4.72 Å². The number of hydrogen-bond donors (Lipinski definition) is 1. The van der Waals surface area contributed by atoms with Crippen LogP contribution in [0.3, 0.4) is 0 Å². The third-order valence-corrected chi connectivity index (χ3v) is 5.18. The van der Waals surface area contributed by atoms with Gasteiger partial charge in [-0.2, -0.15) is 0 Å². The Labute approximate surface area is 145 Å². The molecule has 0 fully saturated rings. The Bertz CT molecular complexity index is 711. The molecule has 2 atom stereocenters. The Morgan fingerprint density at radius 2 is 1.67 bits per heavy atom. The molecule has 24 heavy (non-hydrogen) atoms. The number of methoxy groups -OCH3 is 1. The van der Waals surface area contributed by atoms with E-state index < -0.39 is 22.4 Å². The van der Waals surface area contributed by atoms with Gasteiger partial charge in [-0.3, -0.25) is 4.79 Å². The van der Waals surface area contributed by atoms with Gasteiger partial charge in [0.15, 0.2) is 0 Å². The summed E-state index contributed by atoms with van der Waals surface area (Å²) < 4.78 is 20.8. The number of carbonyl (C=O) groups excluding carboxylic acids is 1. The van der Waals surface area contributed by atoms with E-state index in [0.717, 1.165) is 11.1 Å². The van der Waals surface area contributed by atoms with Crippen LogP contribution in [0.2, 0.25) is 0 Å². The number of carbonyl (C=O) groups is 1. The topological polar surface area (TPSA) is 55.4 Å². The van der Waals surface area contributed by atoms with Crippen molar-refractivity contribution in [1.82, 2.24) is 4.72 Å². The molecular formula is C19H23NO3S. The monoisotopic (exact) mass is 345 g/mol. The van der Waals surface area contributed by atoms with Gasteiger partial charge in [0, 0.05) is 0 Å². The number of aryl methyl sites for hydroxylation is 1. The van der Waals surface area contributed by atoms with Crippen molar-refractivity contribution >= 4 is 17.0 Å². The Balaban J connectivity index is 2.34. The molecular weight excluding hydrogens is 322 g/mol. The highest BCUT2D eigenvalue weighted by atomic mass is 32.2. The summed E-state index contributed by atoms with van der Waals surface area (Å²) in [5.41, 5.74) is 1.11. The van der Waals surface area contributed by atoms with E-state index in [9.17, 15) is 9.00 Å². The number of benzene rings is 2. The number of ether oxygens (including phenoxy) is 1. The normalized spacial score (nSPS) is 14.0. The van der Waals surface area contributed by atoms with Crippen molar-refractivity contribution < 1.29 is 13.7 Å². The maximum atomic E-state index is 12.7. The van der Waals surface area contributed by atoms with E-state index in [2.05, 4.69) is 4.72 Å². The molecule has 0 heterocycles. The van der Waals surface area contributed by atoms with E-state index in [1.807, 2.05) is 61.5 Å². The summed E-state index contributed by atoms with van der Waals surface area (Å²) in [6.45, 7) is 5.55. The molecule has 0 saturated heterocycles. The van der Waals surface area contributed by atoms with Gasteiger partial charge in [0.2, 0.25) is 0 Å². The maximum absolute atomic E-state index is 12.7. The lowest BCUT2D eigenvalue weighted by molar-refractivity contribution is -0.152. The standard InChI is InChI=1S/C19H23NO3S/c1-14-10-12-16(13-11-14)24(22)20-17(15-8-6-5-7-9-15)19(2,3)18(21)23-4/h5-13,17,20H,1-4H3/t17-,24?/m1/s1. The summed E-state index contributed by atoms with van der Waals surface area (Å²) >= 11 is 0. The van der Waals surface area contributed by atoms with Crippen molar-refractivity contribution in [2.24, 2.45) is 5.41 Å². The van der Waals surface area contributed by atoms with Crippen molar-refractivity contribution in [3.63, 3.8) is 0 Å². The lowest BCUT2D eigenvalue weighted by Gasteiger charge is -2.32. The van der Waals surface area contributed by atoms with Crippen molar-refractivity contribution in [2.45, 2.75) is 31.7 Å². The predicted molar refractivity (Wildman–Crippen MR) is 95.7 cm³/mol. The van der Waals surface area contributed by atoms with Crippen LogP contribution in [0.15, 0.2) is 59.5 Å². The molecule has 1 unspecified atom stereocenters. The van der Waals surface area contributed by atoms with Crippen LogP contribution >= 0.6 is 0 Å². The van der Waals surface area contributed by atoms with Crippen molar-refractivity contribution in [3.8, 4) is 0 Å². The molecule has 0 amide bonds. The second kappa shape index (κ2) is 7.73. The minimum absolute atomic E-state index is 0.357. The first-order chi connectivity index (χ1) is 11.4. The number of esters is 1. The average Bonchev–Trinajstić information content (AvgIpc) is 2.59. The summed E-state index contributed by atoms with van der Waals surface area (Å²) in [5.74, 6) is -0.357. The fourth-order valence-electron chi connectivity index (χ4n) is 2.50. The smallest absolute Gasteiger partial charge is 0.313 e. The molecule has 1 N–H and O–H groups in total. The molecule has 0 radical (unpaired) electrons. The zero-order valence-corrected chi connectivity index (χ0v) is 15.2. The average molecular weight is 345 g/mol. The van der Waals surface area contributed by atoms with Crippen LogP contribution in [-0.4, -0.2) is 17.3 Å². The third-order valence-electron chi connectivity index (χ3n) is 4.03. The molecule has 4 nitrogen and oxygen atoms in total. The summed E-state index contributed by atoms with van der Waals surface area (Å²) in [4.78, 5) is 12.9. The van der Waals surface area contributed by atoms with Crippen LogP contribution in [0.25, 0.3) is 0 Å². The van der Waals surface area contributed by atoms with Gasteiger partial charge in [0.25, 0.3) is 0 Å². The number of rotatable bonds is 6. The molecule has 0 bridgehead atoms. The Morgan fingerprint density at radius 3 is 2.21 bits per heavy atom. The van der Waals surface area contributed by atoms with Gasteiger partial charge >= 0.3 is 5.97 Å². The first-order valence-corrected chi connectivity index (χ1v) is 8.89. The van der Waals surface area contributed by atoms with E-state index in [1.54, 1.807) is 13.8 Å². The molecule has 0 aliphatic carbocycles. The minimum atomic E-state index is -1.45. The van der Waals surface area contributed by atoms with Gasteiger partial charge in [-0.1, -0.05) is 48.0 Å². The Kier molecular flexibility index (Phi) is 5.91. The van der Waals surface area contributed by atoms with Gasteiger partial charge in [-0.05, 0) is 38.5 Å². The second-order valence-electron chi connectivity index (χ2n) is 6.26. The van der Waals surface area contributed by atoms with Crippen LogP contribution in [0.5, 0.6) is 0 Å². The minimum Gasteiger partial charge on any atom is -0.469 e. The summed E-state index contributed by atoms with van der Waals surface area (Å²) in [5, 5.41) is 0. The summed E-state index contributed by atoms with van der Waals surface area (Å²) in [6.07, 6.45) is 0. The fraction of sp³-hybridized carbons (Fsp3) is 0.316. The van der Waals surface area contributed by atoms with E-state index in [4.69, 9.17) is 4.74 Å². The van der Waals surface area contributed by atoms with Gasteiger partial charge in [-0.15, -0.1) is 0 Å². The molecule has 128 valence electrons. The lowest BCUT2D eigenvalue weighted by atomic mass is 9.81. The van der Waals surface area contributed by atoms with Crippen LogP contribution in [-0.2, 0) is 20.5 Å². The highest BCUT2D eigenvalue weighted by Gasteiger charge is 2.39. The van der Waals surface area contributed by atoms with Gasteiger partial charge in [0.1, 0.15) is 11.0 Å². The molecule has 0 aromatic heterocycles. The maximum Gasteiger partial charge on any atom is 0.313 e. The summed E-state index contributed by atoms with van der Waals surface area (Å²) in [6, 6.07) is 16.5. The van der Waals surface area contributed by atoms with Crippen LogP contribution in [0, 0.1) is 12.3 Å². The molecule has 2 rings (SSSR count). The molecule has 0 saturated carbocycles. The molecule has 2 aromatic rings. The summed E-state index contributed by atoms with van der Waals surface area (Å²) in [7, 11) is -0.0809. The van der Waals surface area contributed by atoms with E-state index >= 15 is 0 Å². The zero-order chi connectivity index (χ0) is 17.7. The Hall–Kier alpha value is -1.98. The van der Waals surface area contributed by atoms with Crippen LogP contribution in [0.4, 0.5) is 0 Å². The van der Waals surface area contributed by atoms with E-state index in [1.165, 1.54) is 7.11 Å². The zero-order valence-electron chi connectivity index (χ0n) is 14.4. The quantitative estimate of drug-likeness (QED) is 0.815. The van der Waals surface area contributed by atoms with Crippen molar-refractivity contribution in [3.05, 3.63) is 65.7 Å². The molecule has 5 heteroatoms. The van der Waals surface area contributed by atoms with Gasteiger partial charge in [-0.25, -0.2) is 8.93 Å². The van der Waals surface area contributed by atoms with Gasteiger partial charge < -0.3 is 4.74 Å². The predicted octanol–water partition coefficient (Wildman–Crippen LogP) is 3.55. The van der Waals surface area contributed by atoms with E-state index in [0.29, 0.717) is 4.90 Å². The van der Waals surface area contributed by atoms with Crippen LogP contribution in [0.1, 0.15) is 31.0 Å². The highest BCUT2D eigenvalue weighted by Crippen LogP contribution is 2.35.